The highest BCUT2D eigenvalue weighted by Gasteiger charge is 2.18. The van der Waals surface area contributed by atoms with E-state index in [0.29, 0.717) is 12.2 Å². The van der Waals surface area contributed by atoms with Crippen LogP contribution in [0.25, 0.3) is 0 Å². The van der Waals surface area contributed by atoms with Gasteiger partial charge >= 0.3 is 0 Å². The first-order valence-corrected chi connectivity index (χ1v) is 6.08. The Morgan fingerprint density at radius 1 is 1.58 bits per heavy atom. The van der Waals surface area contributed by atoms with Crippen LogP contribution in [0, 0.1) is 0 Å². The van der Waals surface area contributed by atoms with Gasteiger partial charge < -0.3 is 11.1 Å². The molecular weight excluding hydrogens is 244 g/mol. The van der Waals surface area contributed by atoms with E-state index in [9.17, 15) is 4.79 Å². The molecule has 2 rings (SSSR count). The highest BCUT2D eigenvalue weighted by molar-refractivity contribution is 5.97. The second kappa shape index (κ2) is 5.13. The third-order valence-corrected chi connectivity index (χ3v) is 2.84. The molecule has 0 radical (unpaired) electrons. The molecule has 4 N–H and O–H groups in total. The number of aromatic nitrogens is 4. The minimum absolute atomic E-state index is 0.201. The molecule has 0 saturated carbocycles. The Morgan fingerprint density at radius 3 is 2.84 bits per heavy atom. The number of nitrogens with two attached hydrogens (primary N) is 1. The van der Waals surface area contributed by atoms with E-state index in [-0.39, 0.29) is 17.5 Å². The summed E-state index contributed by atoms with van der Waals surface area (Å²) in [5.41, 5.74) is 8.27. The van der Waals surface area contributed by atoms with Gasteiger partial charge in [0.25, 0.3) is 5.91 Å². The number of rotatable bonds is 4. The maximum atomic E-state index is 12.0. The monoisotopic (exact) mass is 262 g/mol. The van der Waals surface area contributed by atoms with Crippen LogP contribution in [0.3, 0.4) is 0 Å². The first kappa shape index (κ1) is 13.1. The third-order valence-electron chi connectivity index (χ3n) is 2.84. The van der Waals surface area contributed by atoms with E-state index in [2.05, 4.69) is 20.6 Å². The van der Waals surface area contributed by atoms with Crippen LogP contribution in [0.4, 0.5) is 5.69 Å². The van der Waals surface area contributed by atoms with E-state index in [0.717, 1.165) is 11.3 Å². The summed E-state index contributed by atoms with van der Waals surface area (Å²) in [6.07, 6.45) is 3.54. The maximum Gasteiger partial charge on any atom is 0.274 e. The van der Waals surface area contributed by atoms with E-state index >= 15 is 0 Å². The van der Waals surface area contributed by atoms with E-state index < -0.39 is 0 Å². The van der Waals surface area contributed by atoms with Crippen molar-refractivity contribution in [2.24, 2.45) is 7.05 Å². The van der Waals surface area contributed by atoms with E-state index in [4.69, 9.17) is 5.73 Å². The molecule has 19 heavy (non-hydrogen) atoms. The summed E-state index contributed by atoms with van der Waals surface area (Å²) in [5.74, 6) is -0.0862. The molecule has 2 aromatic rings. The number of H-pyrrole nitrogens is 1. The number of carbonyl (C=O) groups is 1. The average Bonchev–Trinajstić information content (AvgIpc) is 2.92. The SMILES string of the molecule is CC(C)c1[nH]nc(C(=O)NCc2cnn(C)c2)c1N. The van der Waals surface area contributed by atoms with Crippen molar-refractivity contribution in [3.63, 3.8) is 0 Å². The van der Waals surface area contributed by atoms with Crippen LogP contribution in [0.1, 0.15) is 41.5 Å². The number of aryl methyl sites for hydroxylation is 1. The zero-order valence-corrected chi connectivity index (χ0v) is 11.3. The Morgan fingerprint density at radius 2 is 2.32 bits per heavy atom. The molecule has 0 atom stereocenters. The molecule has 0 bridgehead atoms. The standard InChI is InChI=1S/C12H18N6O/c1-7(2)10-9(13)11(17-16-10)12(19)14-4-8-5-15-18(3)6-8/h5-7H,4,13H2,1-3H3,(H,14,19)(H,16,17). The number of amides is 1. The van der Waals surface area contributed by atoms with E-state index in [1.807, 2.05) is 27.1 Å². The molecule has 2 heterocycles. The summed E-state index contributed by atoms with van der Waals surface area (Å²) < 4.78 is 1.68. The topological polar surface area (TPSA) is 102 Å². The van der Waals surface area contributed by atoms with Crippen LogP contribution >= 0.6 is 0 Å². The number of nitrogen functional groups attached to an aromatic ring is 1. The first-order chi connectivity index (χ1) is 8.99. The number of nitrogens with zero attached hydrogens (tertiary/aromatic N) is 3. The minimum Gasteiger partial charge on any atom is -0.395 e. The first-order valence-electron chi connectivity index (χ1n) is 6.08. The minimum atomic E-state index is -0.287. The van der Waals surface area contributed by atoms with Crippen LogP contribution in [0.2, 0.25) is 0 Å². The summed E-state index contributed by atoms with van der Waals surface area (Å²) in [5, 5.41) is 13.6. The lowest BCUT2D eigenvalue weighted by Gasteiger charge is -2.04. The second-order valence-electron chi connectivity index (χ2n) is 4.76. The van der Waals surface area contributed by atoms with Crippen molar-refractivity contribution in [2.45, 2.75) is 26.3 Å². The van der Waals surface area contributed by atoms with Crippen LogP contribution < -0.4 is 11.1 Å². The van der Waals surface area contributed by atoms with Gasteiger partial charge in [0.1, 0.15) is 0 Å². The molecule has 0 saturated heterocycles. The van der Waals surface area contributed by atoms with Crippen molar-refractivity contribution >= 4 is 11.6 Å². The average molecular weight is 262 g/mol. The van der Waals surface area contributed by atoms with Gasteiger partial charge in [0.15, 0.2) is 5.69 Å². The fraction of sp³-hybridized carbons (Fsp3) is 0.417. The van der Waals surface area contributed by atoms with Gasteiger partial charge in [0, 0.05) is 25.4 Å². The Kier molecular flexibility index (Phi) is 3.55. The van der Waals surface area contributed by atoms with Gasteiger partial charge in [-0.1, -0.05) is 13.8 Å². The Bertz CT molecular complexity index is 583. The fourth-order valence-corrected chi connectivity index (χ4v) is 1.81. The Hall–Kier alpha value is -2.31. The zero-order valence-electron chi connectivity index (χ0n) is 11.3. The van der Waals surface area contributed by atoms with Crippen molar-refractivity contribution in [1.29, 1.82) is 0 Å². The van der Waals surface area contributed by atoms with E-state index in [1.165, 1.54) is 0 Å². The van der Waals surface area contributed by atoms with Gasteiger partial charge in [-0.2, -0.15) is 10.2 Å². The number of hydrogen-bond acceptors (Lipinski definition) is 4. The van der Waals surface area contributed by atoms with Crippen molar-refractivity contribution in [2.75, 3.05) is 5.73 Å². The summed E-state index contributed by atoms with van der Waals surface area (Å²) in [6, 6.07) is 0. The van der Waals surface area contributed by atoms with Gasteiger partial charge in [0.05, 0.1) is 17.6 Å². The van der Waals surface area contributed by atoms with Crippen LogP contribution in [-0.2, 0) is 13.6 Å². The van der Waals surface area contributed by atoms with Crippen molar-refractivity contribution in [3.8, 4) is 0 Å². The number of aromatic amines is 1. The fourth-order valence-electron chi connectivity index (χ4n) is 1.81. The molecule has 0 fully saturated rings. The molecule has 0 aliphatic carbocycles. The molecule has 0 aromatic carbocycles. The lowest BCUT2D eigenvalue weighted by molar-refractivity contribution is 0.0947. The highest BCUT2D eigenvalue weighted by atomic mass is 16.1. The second-order valence-corrected chi connectivity index (χ2v) is 4.76. The Labute approximate surface area is 111 Å². The van der Waals surface area contributed by atoms with Crippen molar-refractivity contribution in [3.05, 3.63) is 29.3 Å². The van der Waals surface area contributed by atoms with Crippen LogP contribution in [0.15, 0.2) is 12.4 Å². The molecule has 0 aliphatic rings. The Balaban J connectivity index is 2.04. The quantitative estimate of drug-likeness (QED) is 0.757. The van der Waals surface area contributed by atoms with Crippen LogP contribution in [-0.4, -0.2) is 25.9 Å². The highest BCUT2D eigenvalue weighted by Crippen LogP contribution is 2.21. The summed E-state index contributed by atoms with van der Waals surface area (Å²) in [4.78, 5) is 12.0. The van der Waals surface area contributed by atoms with Gasteiger partial charge in [0.2, 0.25) is 0 Å². The van der Waals surface area contributed by atoms with Gasteiger partial charge in [-0.05, 0) is 5.92 Å². The lowest BCUT2D eigenvalue weighted by Crippen LogP contribution is -2.24. The summed E-state index contributed by atoms with van der Waals surface area (Å²) in [6.45, 7) is 4.37. The molecule has 7 heteroatoms. The molecule has 7 nitrogen and oxygen atoms in total. The molecule has 102 valence electrons. The van der Waals surface area contributed by atoms with Gasteiger partial charge in [-0.15, -0.1) is 0 Å². The van der Waals surface area contributed by atoms with E-state index in [1.54, 1.807) is 10.9 Å². The molecular formula is C12H18N6O. The number of hydrogen-bond donors (Lipinski definition) is 3. The smallest absolute Gasteiger partial charge is 0.274 e. The predicted molar refractivity (Wildman–Crippen MR) is 71.5 cm³/mol. The molecule has 0 aliphatic heterocycles. The van der Waals surface area contributed by atoms with Crippen molar-refractivity contribution < 1.29 is 4.79 Å². The number of carbonyl (C=O) groups excluding carboxylic acids is 1. The molecule has 0 unspecified atom stereocenters. The van der Waals surface area contributed by atoms with Crippen LogP contribution in [0.5, 0.6) is 0 Å². The molecule has 1 amide bonds. The van der Waals surface area contributed by atoms with Gasteiger partial charge in [-0.25, -0.2) is 0 Å². The molecule has 0 spiro atoms. The summed E-state index contributed by atoms with van der Waals surface area (Å²) in [7, 11) is 1.83. The summed E-state index contributed by atoms with van der Waals surface area (Å²) >= 11 is 0. The largest absolute Gasteiger partial charge is 0.395 e. The lowest BCUT2D eigenvalue weighted by atomic mass is 10.1. The van der Waals surface area contributed by atoms with Gasteiger partial charge in [-0.3, -0.25) is 14.6 Å². The number of nitrogens with one attached hydrogen (secondary N) is 2. The normalized spacial score (nSPS) is 10.9. The van der Waals surface area contributed by atoms with Crippen molar-refractivity contribution in [1.82, 2.24) is 25.3 Å². The predicted octanol–water partition coefficient (Wildman–Crippen LogP) is 0.779. The maximum absolute atomic E-state index is 12.0. The third kappa shape index (κ3) is 2.75. The number of anilines is 1. The molecule has 2 aromatic heterocycles. The zero-order chi connectivity index (χ0) is 14.0.